The van der Waals surface area contributed by atoms with E-state index in [9.17, 15) is 19.5 Å². The molecule has 0 aliphatic carbocycles. The van der Waals surface area contributed by atoms with Crippen LogP contribution < -0.4 is 11.1 Å². The number of hydrogen-bond acceptors (Lipinski definition) is 6. The summed E-state index contributed by atoms with van der Waals surface area (Å²) in [7, 11) is 2.89. The average molecular weight is 298 g/mol. The zero-order chi connectivity index (χ0) is 14.1. The first-order valence-corrected chi connectivity index (χ1v) is 7.07. The van der Waals surface area contributed by atoms with Crippen molar-refractivity contribution < 1.29 is 9.90 Å². The summed E-state index contributed by atoms with van der Waals surface area (Å²) in [6.45, 7) is 1.50. The zero-order valence-electron chi connectivity index (χ0n) is 10.4. The molecule has 0 spiro atoms. The van der Waals surface area contributed by atoms with Gasteiger partial charge in [0.1, 0.15) is 13.9 Å². The molecule has 100 valence electrons. The topological polar surface area (TPSA) is 79.6 Å². The second kappa shape index (κ2) is 3.53. The van der Waals surface area contributed by atoms with Gasteiger partial charge in [0.25, 0.3) is 17.0 Å². The van der Waals surface area contributed by atoms with Crippen molar-refractivity contribution >= 4 is 28.6 Å². The largest absolute Gasteiger partial charge is 0.366 e. The van der Waals surface area contributed by atoms with Gasteiger partial charge in [-0.25, -0.2) is 0 Å². The second-order valence-corrected chi connectivity index (χ2v) is 6.62. The summed E-state index contributed by atoms with van der Waals surface area (Å²) >= 11 is 1.99. The van der Waals surface area contributed by atoms with E-state index in [1.54, 1.807) is 0 Å². The number of nitrogens with zero attached hydrogens (tertiary/aromatic N) is 2. The van der Waals surface area contributed by atoms with Crippen LogP contribution in [-0.2, 0) is 12.8 Å². The summed E-state index contributed by atoms with van der Waals surface area (Å²) in [5, 5.41) is 10.3. The van der Waals surface area contributed by atoms with Gasteiger partial charge in [0, 0.05) is 14.1 Å². The van der Waals surface area contributed by atoms with Crippen LogP contribution in [0.1, 0.15) is 21.5 Å². The Bertz CT molecular complexity index is 889. The maximum atomic E-state index is 12.1. The third-order valence-electron chi connectivity index (χ3n) is 3.40. The van der Waals surface area contributed by atoms with Crippen molar-refractivity contribution in [3.05, 3.63) is 39.5 Å². The first-order valence-electron chi connectivity index (χ1n) is 5.44. The molecule has 19 heavy (non-hydrogen) atoms. The van der Waals surface area contributed by atoms with Crippen LogP contribution in [0, 0.1) is 9.06 Å². The van der Waals surface area contributed by atoms with E-state index in [1.165, 1.54) is 25.9 Å². The fourth-order valence-corrected chi connectivity index (χ4v) is 4.76. The Morgan fingerprint density at radius 2 is 1.58 bits per heavy atom. The number of fused-ring (bicyclic) bond motifs is 1. The molecule has 6 nitrogen and oxygen atoms in total. The minimum absolute atomic E-state index is 0.274. The smallest absolute Gasteiger partial charge is 0.272 e. The SMILES string of the molecule is CN1C(=O)c2sc3c(=O)n(C)c(=O)c=3sc2C1(C)O. The Morgan fingerprint density at radius 1 is 1.05 bits per heavy atom. The fraction of sp³-hybridized carbons (Fsp3) is 0.364. The number of hydrogen-bond donors (Lipinski definition) is 1. The maximum Gasteiger partial charge on any atom is 0.272 e. The molecule has 1 atom stereocenters. The standard InChI is InChI=1S/C11H10N2O4S2/c1-11(17)7-6(10(16)13(11)3)18-4-5(19-7)9(15)12(2)8(4)14/h17H,1-3H3. The Balaban J connectivity index is 2.54. The van der Waals surface area contributed by atoms with E-state index in [1.807, 2.05) is 0 Å². The van der Waals surface area contributed by atoms with Crippen LogP contribution in [0.4, 0.5) is 0 Å². The monoisotopic (exact) mass is 298 g/mol. The minimum Gasteiger partial charge on any atom is -0.366 e. The van der Waals surface area contributed by atoms with Gasteiger partial charge in [0.15, 0.2) is 5.72 Å². The molecule has 0 aromatic rings. The highest BCUT2D eigenvalue weighted by molar-refractivity contribution is 7.19. The highest BCUT2D eigenvalue weighted by atomic mass is 32.1. The molecule has 1 unspecified atom stereocenters. The van der Waals surface area contributed by atoms with Gasteiger partial charge < -0.3 is 10.0 Å². The minimum atomic E-state index is -1.44. The molecule has 3 aliphatic heterocycles. The average Bonchev–Trinajstić information content (AvgIpc) is 2.69. The zero-order valence-corrected chi connectivity index (χ0v) is 12.0. The molecule has 0 aromatic heterocycles. The molecule has 3 rings (SSSR count). The van der Waals surface area contributed by atoms with Crippen molar-refractivity contribution in [2.75, 3.05) is 7.05 Å². The summed E-state index contributed by atoms with van der Waals surface area (Å²) in [6.07, 6.45) is 0. The van der Waals surface area contributed by atoms with Crippen LogP contribution >= 0.6 is 22.7 Å². The Hall–Kier alpha value is -1.51. The number of carbonyl (C=O) groups excluding carboxylic acids is 1. The van der Waals surface area contributed by atoms with Gasteiger partial charge in [0.05, 0.1) is 4.88 Å². The molecule has 8 heteroatoms. The molecule has 0 saturated carbocycles. The first kappa shape index (κ1) is 12.5. The van der Waals surface area contributed by atoms with Gasteiger partial charge in [-0.1, -0.05) is 0 Å². The van der Waals surface area contributed by atoms with E-state index in [4.69, 9.17) is 0 Å². The third kappa shape index (κ3) is 1.36. The van der Waals surface area contributed by atoms with Crippen LogP contribution in [0.2, 0.25) is 0 Å². The van der Waals surface area contributed by atoms with Crippen LogP contribution in [0.3, 0.4) is 0 Å². The van der Waals surface area contributed by atoms with Gasteiger partial charge in [0.2, 0.25) is 0 Å². The summed E-state index contributed by atoms with van der Waals surface area (Å²) in [4.78, 5) is 37.8. The summed E-state index contributed by atoms with van der Waals surface area (Å²) in [5.74, 6) is -0.334. The fourth-order valence-electron chi connectivity index (χ4n) is 2.02. The molecule has 1 amide bonds. The summed E-state index contributed by atoms with van der Waals surface area (Å²) in [6, 6.07) is 0. The maximum absolute atomic E-state index is 12.1. The highest BCUT2D eigenvalue weighted by Crippen LogP contribution is 2.40. The molecule has 0 aromatic carbocycles. The predicted octanol–water partition coefficient (Wildman–Crippen LogP) is -0.156. The van der Waals surface area contributed by atoms with E-state index in [-0.39, 0.29) is 16.0 Å². The molecular formula is C11H10N2O4S2. The number of aliphatic hydroxyl groups is 1. The van der Waals surface area contributed by atoms with Crippen molar-refractivity contribution in [2.24, 2.45) is 7.05 Å². The van der Waals surface area contributed by atoms with Crippen molar-refractivity contribution in [1.29, 1.82) is 0 Å². The van der Waals surface area contributed by atoms with Crippen molar-refractivity contribution in [3.63, 3.8) is 0 Å². The van der Waals surface area contributed by atoms with Crippen LogP contribution in [0.25, 0.3) is 0 Å². The van der Waals surface area contributed by atoms with E-state index in [0.717, 1.165) is 27.2 Å². The Kier molecular flexibility index (Phi) is 2.32. The van der Waals surface area contributed by atoms with Gasteiger partial charge >= 0.3 is 0 Å². The molecular weight excluding hydrogens is 288 g/mol. The van der Waals surface area contributed by atoms with Gasteiger partial charge in [-0.3, -0.25) is 19.0 Å². The number of carbonyl (C=O) groups is 1. The lowest BCUT2D eigenvalue weighted by atomic mass is 10.2. The molecule has 3 heterocycles. The van der Waals surface area contributed by atoms with Crippen LogP contribution in [0.15, 0.2) is 9.59 Å². The highest BCUT2D eigenvalue weighted by Gasteiger charge is 2.44. The molecule has 0 bridgehead atoms. The van der Waals surface area contributed by atoms with E-state index < -0.39 is 11.3 Å². The molecule has 0 saturated heterocycles. The number of amides is 1. The lowest BCUT2D eigenvalue weighted by molar-refractivity contribution is -0.0534. The number of rotatable bonds is 0. The Morgan fingerprint density at radius 3 is 2.16 bits per heavy atom. The van der Waals surface area contributed by atoms with Crippen molar-refractivity contribution in [2.45, 2.75) is 12.6 Å². The van der Waals surface area contributed by atoms with Crippen molar-refractivity contribution in [1.82, 2.24) is 9.47 Å². The summed E-state index contributed by atoms with van der Waals surface area (Å²) < 4.78 is 1.59. The summed E-state index contributed by atoms with van der Waals surface area (Å²) in [5.41, 5.74) is -2.22. The van der Waals surface area contributed by atoms with Gasteiger partial charge in [-0.15, -0.1) is 22.7 Å². The van der Waals surface area contributed by atoms with Gasteiger partial charge in [-0.05, 0) is 6.92 Å². The normalized spacial score (nSPS) is 22.3. The van der Waals surface area contributed by atoms with E-state index in [2.05, 4.69) is 0 Å². The Labute approximate surface area is 114 Å². The van der Waals surface area contributed by atoms with Gasteiger partial charge in [-0.2, -0.15) is 0 Å². The molecule has 3 aliphatic rings. The van der Waals surface area contributed by atoms with Crippen LogP contribution in [-0.4, -0.2) is 27.5 Å². The molecule has 0 fully saturated rings. The molecule has 0 radical (unpaired) electrons. The number of aromatic nitrogens is 1. The predicted molar refractivity (Wildman–Crippen MR) is 70.7 cm³/mol. The van der Waals surface area contributed by atoms with E-state index >= 15 is 0 Å². The lowest BCUT2D eigenvalue weighted by Gasteiger charge is -2.25. The van der Waals surface area contributed by atoms with E-state index in [0.29, 0.717) is 14.3 Å². The second-order valence-electron chi connectivity index (χ2n) is 4.57. The van der Waals surface area contributed by atoms with Crippen molar-refractivity contribution in [3.8, 4) is 0 Å². The van der Waals surface area contributed by atoms with Crippen LogP contribution in [0.5, 0.6) is 0 Å². The third-order valence-corrected chi connectivity index (χ3v) is 6.20. The lowest BCUT2D eigenvalue weighted by Crippen LogP contribution is -2.37. The quantitative estimate of drug-likeness (QED) is 0.733. The molecule has 1 N–H and O–H groups in total. The first-order chi connectivity index (χ1) is 8.76.